The number of nitroso groups, excluding NO2 is 1. The zero-order valence-corrected chi connectivity index (χ0v) is 22.5. The number of H-pyrrole nitrogens is 1. The minimum atomic E-state index is -0.733. The zero-order valence-electron chi connectivity index (χ0n) is 21.6. The molecule has 1 aliphatic heterocycles. The van der Waals surface area contributed by atoms with E-state index in [0.29, 0.717) is 65.1 Å². The van der Waals surface area contributed by atoms with Gasteiger partial charge in [0, 0.05) is 30.4 Å². The van der Waals surface area contributed by atoms with E-state index in [1.54, 1.807) is 25.3 Å². The summed E-state index contributed by atoms with van der Waals surface area (Å²) in [6, 6.07) is 10.8. The lowest BCUT2D eigenvalue weighted by atomic mass is 10.1. The second kappa shape index (κ2) is 12.2. The number of aryl methyl sites for hydroxylation is 1. The number of rotatable bonds is 9. The summed E-state index contributed by atoms with van der Waals surface area (Å²) >= 11 is 1.06. The van der Waals surface area contributed by atoms with Crippen molar-refractivity contribution in [2.24, 2.45) is 5.18 Å². The van der Waals surface area contributed by atoms with Crippen LogP contribution in [0.4, 0.5) is 31.9 Å². The molecule has 0 bridgehead atoms. The summed E-state index contributed by atoms with van der Waals surface area (Å²) in [5, 5.41) is 13.2. The molecule has 2 aromatic heterocycles. The Bertz CT molecular complexity index is 1560. The number of nitrogens with zero attached hydrogens (tertiary/aromatic N) is 5. The Morgan fingerprint density at radius 2 is 1.98 bits per heavy atom. The summed E-state index contributed by atoms with van der Waals surface area (Å²) < 4.78 is 40.7. The summed E-state index contributed by atoms with van der Waals surface area (Å²) in [6.07, 6.45) is 3.01. The largest absolute Gasteiger partial charge is 0.490 e. The maximum Gasteiger partial charge on any atom is 0.204 e. The summed E-state index contributed by atoms with van der Waals surface area (Å²) in [4.78, 5) is 22.4. The molecule has 0 amide bonds. The molecule has 3 heterocycles. The van der Waals surface area contributed by atoms with Gasteiger partial charge in [0.15, 0.2) is 28.4 Å². The first-order chi connectivity index (χ1) is 19.4. The first-order valence-corrected chi connectivity index (χ1v) is 13.1. The Balaban J connectivity index is 1.44. The van der Waals surface area contributed by atoms with Gasteiger partial charge in [0.1, 0.15) is 11.5 Å². The molecule has 2 N–H and O–H groups in total. The molecule has 0 unspecified atom stereocenters. The third-order valence-corrected chi connectivity index (χ3v) is 6.93. The first kappa shape index (κ1) is 27.2. The van der Waals surface area contributed by atoms with Crippen LogP contribution in [0, 0.1) is 23.5 Å². The summed E-state index contributed by atoms with van der Waals surface area (Å²) in [5.41, 5.74) is 1.26. The lowest BCUT2D eigenvalue weighted by molar-refractivity contribution is 0.122. The maximum absolute atomic E-state index is 15.2. The number of aromatic nitrogens is 4. The van der Waals surface area contributed by atoms with Crippen molar-refractivity contribution in [2.45, 2.75) is 17.0 Å². The molecule has 1 fully saturated rings. The van der Waals surface area contributed by atoms with Gasteiger partial charge in [-0.15, -0.1) is 4.91 Å². The van der Waals surface area contributed by atoms with Gasteiger partial charge in [-0.25, -0.2) is 18.7 Å². The molecule has 5 rings (SSSR count). The van der Waals surface area contributed by atoms with Gasteiger partial charge in [0.25, 0.3) is 0 Å². The van der Waals surface area contributed by atoms with Crippen LogP contribution in [-0.4, -0.2) is 53.6 Å². The number of nitrogens with one attached hydrogen (secondary N) is 2. The van der Waals surface area contributed by atoms with E-state index in [1.165, 1.54) is 30.3 Å². The van der Waals surface area contributed by atoms with E-state index in [0.717, 1.165) is 17.5 Å². The van der Waals surface area contributed by atoms with Crippen LogP contribution in [0.15, 0.2) is 57.7 Å². The molecule has 0 atom stereocenters. The third kappa shape index (κ3) is 6.10. The average Bonchev–Trinajstić information content (AvgIpc) is 3.38. The van der Waals surface area contributed by atoms with Crippen LogP contribution in [0.1, 0.15) is 16.8 Å². The fraction of sp³-hybridized carbons (Fsp3) is 0.222. The zero-order chi connectivity index (χ0) is 28.1. The lowest BCUT2D eigenvalue weighted by Crippen LogP contribution is -2.37. The van der Waals surface area contributed by atoms with Crippen LogP contribution in [0.2, 0.25) is 0 Å². The molecular weight excluding hydrogens is 540 g/mol. The van der Waals surface area contributed by atoms with Gasteiger partial charge in [-0.05, 0) is 47.6 Å². The van der Waals surface area contributed by atoms with Crippen molar-refractivity contribution in [1.29, 1.82) is 0 Å². The Hall–Kier alpha value is -4.36. The number of benzene rings is 2. The smallest absolute Gasteiger partial charge is 0.204 e. The molecule has 206 valence electrons. The minimum absolute atomic E-state index is 0.172. The Morgan fingerprint density at radius 1 is 1.15 bits per heavy atom. The SMILES string of the molecule is COc1c(Nc2cc(C)[nH]n2)nc(Sc2ccc(/C=C/c3cccc(N=O)c3F)cc2F)nc1N1CCOCC1. The van der Waals surface area contributed by atoms with Crippen LogP contribution in [-0.2, 0) is 4.74 Å². The summed E-state index contributed by atoms with van der Waals surface area (Å²) in [6.45, 7) is 4.19. The molecule has 1 aliphatic rings. The molecule has 2 aromatic carbocycles. The van der Waals surface area contributed by atoms with Crippen molar-refractivity contribution in [1.82, 2.24) is 20.2 Å². The Labute approximate surface area is 232 Å². The number of aromatic amines is 1. The second-order valence-electron chi connectivity index (χ2n) is 8.77. The Morgan fingerprint density at radius 3 is 2.67 bits per heavy atom. The molecular formula is C27H25F2N7O3S. The van der Waals surface area contributed by atoms with Gasteiger partial charge in [0.2, 0.25) is 5.75 Å². The van der Waals surface area contributed by atoms with Crippen LogP contribution in [0.3, 0.4) is 0 Å². The van der Waals surface area contributed by atoms with Crippen LogP contribution < -0.4 is 15.0 Å². The van der Waals surface area contributed by atoms with Crippen LogP contribution >= 0.6 is 11.8 Å². The quantitative estimate of drug-likeness (QED) is 0.141. The third-order valence-electron chi connectivity index (χ3n) is 6.01. The molecule has 0 aliphatic carbocycles. The topological polar surface area (TPSA) is 118 Å². The number of ether oxygens (including phenoxy) is 2. The predicted octanol–water partition coefficient (Wildman–Crippen LogP) is 6.09. The van der Waals surface area contributed by atoms with Crippen molar-refractivity contribution in [2.75, 3.05) is 43.6 Å². The average molecular weight is 566 g/mol. The van der Waals surface area contributed by atoms with E-state index in [-0.39, 0.29) is 11.3 Å². The summed E-state index contributed by atoms with van der Waals surface area (Å²) in [5.74, 6) is 0.707. The molecule has 4 aromatic rings. The van der Waals surface area contributed by atoms with E-state index in [2.05, 4.69) is 25.7 Å². The van der Waals surface area contributed by atoms with Crippen molar-refractivity contribution >= 4 is 47.1 Å². The highest BCUT2D eigenvalue weighted by Gasteiger charge is 2.24. The number of hydrogen-bond acceptors (Lipinski definition) is 10. The van der Waals surface area contributed by atoms with Crippen molar-refractivity contribution in [3.8, 4) is 5.75 Å². The van der Waals surface area contributed by atoms with Crippen LogP contribution in [0.25, 0.3) is 12.2 Å². The van der Waals surface area contributed by atoms with Gasteiger partial charge in [0.05, 0.1) is 25.2 Å². The number of methoxy groups -OCH3 is 1. The second-order valence-corrected chi connectivity index (χ2v) is 9.78. The highest BCUT2D eigenvalue weighted by molar-refractivity contribution is 7.99. The van der Waals surface area contributed by atoms with Crippen molar-refractivity contribution in [3.63, 3.8) is 0 Å². The number of morpholine rings is 1. The van der Waals surface area contributed by atoms with E-state index in [1.807, 2.05) is 17.9 Å². The van der Waals surface area contributed by atoms with E-state index in [4.69, 9.17) is 14.5 Å². The van der Waals surface area contributed by atoms with Crippen LogP contribution in [0.5, 0.6) is 5.75 Å². The van der Waals surface area contributed by atoms with Crippen molar-refractivity contribution in [3.05, 3.63) is 75.8 Å². The fourth-order valence-corrected chi connectivity index (χ4v) is 4.81. The minimum Gasteiger partial charge on any atom is -0.490 e. The fourth-order valence-electron chi connectivity index (χ4n) is 4.05. The van der Waals surface area contributed by atoms with Gasteiger partial charge in [-0.3, -0.25) is 5.10 Å². The highest BCUT2D eigenvalue weighted by Crippen LogP contribution is 2.39. The number of hydrogen-bond donors (Lipinski definition) is 2. The molecule has 0 spiro atoms. The monoisotopic (exact) mass is 565 g/mol. The van der Waals surface area contributed by atoms with Gasteiger partial charge < -0.3 is 19.7 Å². The van der Waals surface area contributed by atoms with Gasteiger partial charge in [-0.1, -0.05) is 30.4 Å². The van der Waals surface area contributed by atoms with Gasteiger partial charge >= 0.3 is 0 Å². The van der Waals surface area contributed by atoms with Gasteiger partial charge in [-0.2, -0.15) is 5.10 Å². The predicted molar refractivity (Wildman–Crippen MR) is 150 cm³/mol. The number of anilines is 3. The molecule has 10 nitrogen and oxygen atoms in total. The van der Waals surface area contributed by atoms with Crippen molar-refractivity contribution < 1.29 is 18.3 Å². The number of halogens is 2. The maximum atomic E-state index is 15.2. The Kier molecular flexibility index (Phi) is 8.31. The van der Waals surface area contributed by atoms with E-state index >= 15 is 4.39 Å². The van der Waals surface area contributed by atoms with E-state index in [9.17, 15) is 9.30 Å². The summed E-state index contributed by atoms with van der Waals surface area (Å²) in [7, 11) is 1.54. The highest BCUT2D eigenvalue weighted by atomic mass is 32.2. The lowest BCUT2D eigenvalue weighted by Gasteiger charge is -2.29. The molecule has 13 heteroatoms. The molecule has 1 saturated heterocycles. The first-order valence-electron chi connectivity index (χ1n) is 12.3. The molecule has 40 heavy (non-hydrogen) atoms. The standard InChI is InChI=1S/C27H25F2N7O3S/c1-16-14-22(34-33-16)30-25-24(38-2)26(36-10-12-39-13-11-36)32-27(31-25)40-21-9-7-17(15-19(21)28)6-8-18-4-3-5-20(35-37)23(18)29/h3-9,14-15H,10-13H2,1-2H3,(H2,30,31,32,33,34)/b8-6+. The molecule has 0 saturated carbocycles. The van der Waals surface area contributed by atoms with E-state index < -0.39 is 11.6 Å². The normalized spacial score (nSPS) is 13.6. The molecule has 0 radical (unpaired) electrons.